The van der Waals surface area contributed by atoms with Crippen LogP contribution in [0.15, 0.2) is 0 Å². The molecule has 80 valence electrons. The maximum atomic E-state index is 11.5. The lowest BCUT2D eigenvalue weighted by atomic mass is 10.2. The van der Waals surface area contributed by atoms with Crippen molar-refractivity contribution in [3.05, 3.63) is 5.82 Å². The molecule has 1 atom stereocenters. The Morgan fingerprint density at radius 3 is 3.00 bits per heavy atom. The third kappa shape index (κ3) is 1.78. The summed E-state index contributed by atoms with van der Waals surface area (Å²) in [6.45, 7) is 0.649. The number of aromatic amines is 1. The molecule has 0 spiro atoms. The molecular weight excluding hydrogens is 200 g/mol. The highest BCUT2D eigenvalue weighted by atomic mass is 16.2. The SMILES string of the molecule is CN1CCC(NC(=O)c2nn[nH]n2)C1=O. The standard InChI is InChI=1S/C7H10N6O2/c1-13-3-2-4(7(13)15)8-6(14)5-9-11-12-10-5/h4H,2-3H2,1H3,(H,8,14)(H,9,10,11,12). The van der Waals surface area contributed by atoms with Crippen LogP contribution in [0.3, 0.4) is 0 Å². The second-order valence-corrected chi connectivity index (χ2v) is 3.31. The molecule has 0 radical (unpaired) electrons. The summed E-state index contributed by atoms with van der Waals surface area (Å²) < 4.78 is 0. The molecule has 0 aromatic carbocycles. The Morgan fingerprint density at radius 1 is 1.67 bits per heavy atom. The summed E-state index contributed by atoms with van der Waals surface area (Å²) in [6.07, 6.45) is 0.610. The summed E-state index contributed by atoms with van der Waals surface area (Å²) in [4.78, 5) is 24.5. The van der Waals surface area contributed by atoms with Crippen LogP contribution in [0, 0.1) is 0 Å². The van der Waals surface area contributed by atoms with Gasteiger partial charge >= 0.3 is 0 Å². The second-order valence-electron chi connectivity index (χ2n) is 3.31. The van der Waals surface area contributed by atoms with Crippen molar-refractivity contribution >= 4 is 11.8 Å². The van der Waals surface area contributed by atoms with Crippen molar-refractivity contribution in [2.75, 3.05) is 13.6 Å². The minimum Gasteiger partial charge on any atom is -0.344 e. The zero-order valence-electron chi connectivity index (χ0n) is 8.10. The molecular formula is C7H10N6O2. The van der Waals surface area contributed by atoms with Gasteiger partial charge in [0.15, 0.2) is 0 Å². The fourth-order valence-corrected chi connectivity index (χ4v) is 1.44. The molecule has 8 heteroatoms. The van der Waals surface area contributed by atoms with Crippen LogP contribution in [0.4, 0.5) is 0 Å². The first-order valence-electron chi connectivity index (χ1n) is 4.48. The number of hydrogen-bond acceptors (Lipinski definition) is 5. The third-order valence-electron chi connectivity index (χ3n) is 2.28. The van der Waals surface area contributed by atoms with Gasteiger partial charge in [0.2, 0.25) is 5.91 Å². The fourth-order valence-electron chi connectivity index (χ4n) is 1.44. The van der Waals surface area contributed by atoms with Gasteiger partial charge < -0.3 is 10.2 Å². The number of nitrogens with zero attached hydrogens (tertiary/aromatic N) is 4. The lowest BCUT2D eigenvalue weighted by molar-refractivity contribution is -0.128. The van der Waals surface area contributed by atoms with E-state index in [1.807, 2.05) is 0 Å². The first-order chi connectivity index (χ1) is 7.18. The first-order valence-corrected chi connectivity index (χ1v) is 4.48. The topological polar surface area (TPSA) is 104 Å². The van der Waals surface area contributed by atoms with Gasteiger partial charge in [-0.1, -0.05) is 0 Å². The van der Waals surface area contributed by atoms with Crippen molar-refractivity contribution < 1.29 is 9.59 Å². The van der Waals surface area contributed by atoms with E-state index in [0.717, 1.165) is 0 Å². The van der Waals surface area contributed by atoms with Crippen LogP contribution in [-0.4, -0.2) is 57.0 Å². The molecule has 1 unspecified atom stereocenters. The van der Waals surface area contributed by atoms with E-state index in [4.69, 9.17) is 0 Å². The number of rotatable bonds is 2. The summed E-state index contributed by atoms with van der Waals surface area (Å²) in [6, 6.07) is -0.471. The molecule has 1 aliphatic heterocycles. The van der Waals surface area contributed by atoms with Gasteiger partial charge in [-0.2, -0.15) is 5.21 Å². The van der Waals surface area contributed by atoms with Crippen LogP contribution in [0.5, 0.6) is 0 Å². The average Bonchev–Trinajstić information content (AvgIpc) is 2.83. The third-order valence-corrected chi connectivity index (χ3v) is 2.28. The highest BCUT2D eigenvalue weighted by molar-refractivity contribution is 5.95. The Balaban J connectivity index is 1.98. The Kier molecular flexibility index (Phi) is 2.32. The summed E-state index contributed by atoms with van der Waals surface area (Å²) in [5.41, 5.74) is 0. The summed E-state index contributed by atoms with van der Waals surface area (Å²) >= 11 is 0. The highest BCUT2D eigenvalue weighted by Crippen LogP contribution is 2.08. The van der Waals surface area contributed by atoms with Gasteiger partial charge in [0.1, 0.15) is 6.04 Å². The minimum absolute atomic E-state index is 0.0580. The van der Waals surface area contributed by atoms with Crippen LogP contribution in [-0.2, 0) is 4.79 Å². The number of hydrogen-bond donors (Lipinski definition) is 2. The number of H-pyrrole nitrogens is 1. The fraction of sp³-hybridized carbons (Fsp3) is 0.571. The average molecular weight is 210 g/mol. The molecule has 0 aliphatic carbocycles. The number of amides is 2. The smallest absolute Gasteiger partial charge is 0.293 e. The summed E-state index contributed by atoms with van der Waals surface area (Å²) in [5, 5.41) is 15.0. The van der Waals surface area contributed by atoms with E-state index in [1.54, 1.807) is 11.9 Å². The molecule has 2 amide bonds. The molecule has 1 aromatic rings. The number of carbonyl (C=O) groups excluding carboxylic acids is 2. The van der Waals surface area contributed by atoms with Gasteiger partial charge in [-0.25, -0.2) is 0 Å². The van der Waals surface area contributed by atoms with E-state index in [1.165, 1.54) is 0 Å². The van der Waals surface area contributed by atoms with Crippen molar-refractivity contribution in [3.8, 4) is 0 Å². The molecule has 1 aromatic heterocycles. The molecule has 1 fully saturated rings. The largest absolute Gasteiger partial charge is 0.344 e. The monoisotopic (exact) mass is 210 g/mol. The lowest BCUT2D eigenvalue weighted by Crippen LogP contribution is -2.40. The predicted octanol–water partition coefficient (Wildman–Crippen LogP) is -1.84. The van der Waals surface area contributed by atoms with Crippen LogP contribution in [0.1, 0.15) is 17.0 Å². The molecule has 0 bridgehead atoms. The molecule has 0 saturated carbocycles. The van der Waals surface area contributed by atoms with E-state index in [9.17, 15) is 9.59 Å². The highest BCUT2D eigenvalue weighted by Gasteiger charge is 2.31. The van der Waals surface area contributed by atoms with Crippen molar-refractivity contribution in [2.45, 2.75) is 12.5 Å². The lowest BCUT2D eigenvalue weighted by Gasteiger charge is -2.10. The zero-order chi connectivity index (χ0) is 10.8. The van der Waals surface area contributed by atoms with E-state index < -0.39 is 11.9 Å². The Labute approximate surface area is 85.0 Å². The van der Waals surface area contributed by atoms with Crippen molar-refractivity contribution in [2.24, 2.45) is 0 Å². The van der Waals surface area contributed by atoms with Crippen LogP contribution in [0.2, 0.25) is 0 Å². The summed E-state index contributed by atoms with van der Waals surface area (Å²) in [5.74, 6) is -0.637. The number of nitrogens with one attached hydrogen (secondary N) is 2. The molecule has 2 heterocycles. The molecule has 2 rings (SSSR count). The zero-order valence-corrected chi connectivity index (χ0v) is 8.10. The maximum Gasteiger partial charge on any atom is 0.293 e. The number of aromatic nitrogens is 4. The normalized spacial score (nSPS) is 20.7. The van der Waals surface area contributed by atoms with E-state index in [-0.39, 0.29) is 11.7 Å². The van der Waals surface area contributed by atoms with Crippen molar-refractivity contribution in [3.63, 3.8) is 0 Å². The van der Waals surface area contributed by atoms with E-state index >= 15 is 0 Å². The molecule has 1 aliphatic rings. The molecule has 8 nitrogen and oxygen atoms in total. The van der Waals surface area contributed by atoms with Crippen LogP contribution in [0.25, 0.3) is 0 Å². The summed E-state index contributed by atoms with van der Waals surface area (Å²) in [7, 11) is 1.70. The van der Waals surface area contributed by atoms with Crippen molar-refractivity contribution in [1.29, 1.82) is 0 Å². The van der Waals surface area contributed by atoms with Gasteiger partial charge in [0.25, 0.3) is 11.7 Å². The first kappa shape index (κ1) is 9.56. The predicted molar refractivity (Wildman–Crippen MR) is 47.7 cm³/mol. The molecule has 1 saturated heterocycles. The van der Waals surface area contributed by atoms with Gasteiger partial charge in [0.05, 0.1) is 0 Å². The van der Waals surface area contributed by atoms with Gasteiger partial charge in [-0.3, -0.25) is 9.59 Å². The van der Waals surface area contributed by atoms with E-state index in [2.05, 4.69) is 25.9 Å². The number of tetrazole rings is 1. The quantitative estimate of drug-likeness (QED) is 0.597. The van der Waals surface area contributed by atoms with E-state index in [0.29, 0.717) is 13.0 Å². The van der Waals surface area contributed by atoms with Gasteiger partial charge in [-0.05, 0) is 11.6 Å². The number of carbonyl (C=O) groups is 2. The second kappa shape index (κ2) is 3.64. The minimum atomic E-state index is -0.489. The Bertz CT molecular complexity index is 375. The van der Waals surface area contributed by atoms with Crippen LogP contribution >= 0.6 is 0 Å². The number of likely N-dealkylation sites (N-methyl/N-ethyl adjacent to an activating group) is 1. The molecule has 15 heavy (non-hydrogen) atoms. The number of likely N-dealkylation sites (tertiary alicyclic amines) is 1. The molecule has 2 N–H and O–H groups in total. The van der Waals surface area contributed by atoms with Gasteiger partial charge in [-0.15, -0.1) is 10.2 Å². The Morgan fingerprint density at radius 2 is 2.47 bits per heavy atom. The van der Waals surface area contributed by atoms with Crippen LogP contribution < -0.4 is 5.32 Å². The maximum absolute atomic E-state index is 11.5. The Hall–Kier alpha value is -1.99. The van der Waals surface area contributed by atoms with Gasteiger partial charge in [0, 0.05) is 13.6 Å². The van der Waals surface area contributed by atoms with Crippen molar-refractivity contribution in [1.82, 2.24) is 30.8 Å².